The maximum atomic E-state index is 15.1. The molecule has 4 heterocycles. The van der Waals surface area contributed by atoms with Gasteiger partial charge in [0.25, 0.3) is 11.1 Å². The van der Waals surface area contributed by atoms with Crippen molar-refractivity contribution in [2.75, 3.05) is 11.9 Å². The number of anilines is 2. The topological polar surface area (TPSA) is 146 Å². The highest BCUT2D eigenvalue weighted by molar-refractivity contribution is 5.85. The van der Waals surface area contributed by atoms with Crippen molar-refractivity contribution in [2.45, 2.75) is 39.3 Å². The van der Waals surface area contributed by atoms with Gasteiger partial charge in [-0.3, -0.25) is 14.6 Å². The van der Waals surface area contributed by atoms with Crippen molar-refractivity contribution in [3.63, 3.8) is 0 Å². The van der Waals surface area contributed by atoms with E-state index in [2.05, 4.69) is 32.1 Å². The lowest BCUT2D eigenvalue weighted by molar-refractivity contribution is -0.139. The Kier molecular flexibility index (Phi) is 7.60. The van der Waals surface area contributed by atoms with Crippen LogP contribution in [0.4, 0.5) is 15.9 Å². The zero-order valence-electron chi connectivity index (χ0n) is 25.0. The van der Waals surface area contributed by atoms with E-state index < -0.39 is 29.3 Å². The van der Waals surface area contributed by atoms with Crippen LogP contribution in [-0.2, 0) is 23.1 Å². The van der Waals surface area contributed by atoms with E-state index in [1.54, 1.807) is 37.4 Å². The maximum absolute atomic E-state index is 15.1. The molecule has 0 unspecified atom stereocenters. The summed E-state index contributed by atoms with van der Waals surface area (Å²) >= 11 is 0. The first-order valence-electron chi connectivity index (χ1n) is 14.1. The second-order valence-electron chi connectivity index (χ2n) is 11.2. The number of aliphatic hydroxyl groups is 1. The van der Waals surface area contributed by atoms with Crippen LogP contribution in [0.1, 0.15) is 43.7 Å². The van der Waals surface area contributed by atoms with Gasteiger partial charge in [0.05, 0.1) is 54.3 Å². The summed E-state index contributed by atoms with van der Waals surface area (Å²) < 4.78 is 28.7. The summed E-state index contributed by atoms with van der Waals surface area (Å²) in [6, 6.07) is 9.37. The number of fused-ring (bicyclic) bond motifs is 1. The Balaban J connectivity index is 1.37. The third kappa shape index (κ3) is 5.64. The van der Waals surface area contributed by atoms with Crippen molar-refractivity contribution in [3.8, 4) is 16.9 Å². The van der Waals surface area contributed by atoms with Crippen molar-refractivity contribution in [3.05, 3.63) is 105 Å². The van der Waals surface area contributed by atoms with Gasteiger partial charge in [-0.2, -0.15) is 14.9 Å². The zero-order valence-corrected chi connectivity index (χ0v) is 25.0. The number of halogens is 1. The van der Waals surface area contributed by atoms with Gasteiger partial charge in [0.2, 0.25) is 0 Å². The van der Waals surface area contributed by atoms with Crippen LogP contribution in [0.2, 0.25) is 0 Å². The molecule has 0 saturated carbocycles. The van der Waals surface area contributed by atoms with Gasteiger partial charge in [-0.25, -0.2) is 14.1 Å². The molecule has 230 valence electrons. The van der Waals surface area contributed by atoms with Crippen LogP contribution in [0.15, 0.2) is 71.2 Å². The number of aryl methyl sites for hydroxylation is 1. The fourth-order valence-corrected chi connectivity index (χ4v) is 5.20. The molecule has 1 aliphatic rings. The van der Waals surface area contributed by atoms with E-state index in [1.165, 1.54) is 31.6 Å². The highest BCUT2D eigenvalue weighted by Gasteiger charge is 2.34. The molecule has 0 radical (unpaired) electrons. The van der Waals surface area contributed by atoms with Gasteiger partial charge in [-0.05, 0) is 50.6 Å². The van der Waals surface area contributed by atoms with E-state index in [9.17, 15) is 14.7 Å². The molecule has 0 aliphatic carbocycles. The Hall–Kier alpha value is -5.11. The summed E-state index contributed by atoms with van der Waals surface area (Å²) in [5.41, 5.74) is 2.11. The molecular formula is C32H30FN7O5. The molecule has 0 bridgehead atoms. The van der Waals surface area contributed by atoms with Crippen LogP contribution in [0, 0.1) is 5.82 Å². The highest BCUT2D eigenvalue weighted by Crippen LogP contribution is 2.32. The normalized spacial score (nSPS) is 15.8. The zero-order chi connectivity index (χ0) is 32.0. The van der Waals surface area contributed by atoms with Crippen molar-refractivity contribution in [1.29, 1.82) is 0 Å². The van der Waals surface area contributed by atoms with Crippen LogP contribution in [0.3, 0.4) is 0 Å². The number of nitrogens with one attached hydrogen (secondary N) is 1. The highest BCUT2D eigenvalue weighted by atomic mass is 19.1. The Morgan fingerprint density at radius 1 is 1.16 bits per heavy atom. The largest absolute Gasteiger partial charge is 0.392 e. The molecule has 12 nitrogen and oxygen atoms in total. The van der Waals surface area contributed by atoms with E-state index in [4.69, 9.17) is 9.47 Å². The predicted molar refractivity (Wildman–Crippen MR) is 166 cm³/mol. The van der Waals surface area contributed by atoms with Crippen LogP contribution < -0.4 is 16.4 Å². The number of rotatable bonds is 7. The lowest BCUT2D eigenvalue weighted by Crippen LogP contribution is -2.24. The first-order valence-corrected chi connectivity index (χ1v) is 14.1. The summed E-state index contributed by atoms with van der Waals surface area (Å²) in [7, 11) is 1.49. The summed E-state index contributed by atoms with van der Waals surface area (Å²) in [6.07, 6.45) is 4.07. The number of nitrogens with zero attached hydrogens (tertiary/aromatic N) is 6. The molecule has 0 amide bonds. The van der Waals surface area contributed by atoms with E-state index in [0.29, 0.717) is 51.5 Å². The lowest BCUT2D eigenvalue weighted by atomic mass is 10.0. The number of hydrogen-bond donors (Lipinski definition) is 2. The summed E-state index contributed by atoms with van der Waals surface area (Å²) in [4.78, 5) is 35.3. The third-order valence-corrected chi connectivity index (χ3v) is 7.48. The smallest absolute Gasteiger partial charge is 0.290 e. The molecule has 2 aromatic carbocycles. The van der Waals surface area contributed by atoms with Gasteiger partial charge < -0.3 is 19.9 Å². The lowest BCUT2D eigenvalue weighted by Gasteiger charge is -2.17. The predicted octanol–water partition coefficient (Wildman–Crippen LogP) is 4.17. The molecule has 1 fully saturated rings. The minimum atomic E-state index is -0.712. The van der Waals surface area contributed by atoms with Gasteiger partial charge in [0.15, 0.2) is 5.79 Å². The molecule has 5 aromatic rings. The van der Waals surface area contributed by atoms with Crippen LogP contribution >= 0.6 is 0 Å². The molecule has 1 aliphatic heterocycles. The van der Waals surface area contributed by atoms with Crippen molar-refractivity contribution >= 4 is 27.9 Å². The van der Waals surface area contributed by atoms with E-state index in [0.717, 1.165) is 9.36 Å². The van der Waals surface area contributed by atoms with Crippen molar-refractivity contribution in [1.82, 2.24) is 29.5 Å². The Bertz CT molecular complexity index is 2090. The molecule has 6 rings (SSSR count). The van der Waals surface area contributed by atoms with Crippen LogP contribution in [-0.4, -0.2) is 47.0 Å². The third-order valence-electron chi connectivity index (χ3n) is 7.48. The van der Waals surface area contributed by atoms with Gasteiger partial charge in [-0.1, -0.05) is 24.3 Å². The first kappa shape index (κ1) is 29.9. The molecule has 13 heteroatoms. The molecule has 45 heavy (non-hydrogen) atoms. The standard InChI is InChI=1S/C32H30FN7O5/c1-17(2)18-9-19-12-36-40(31(43)29(19)22(33)10-18)26-8-6-7-20(21(26)15-41)23-11-24(30(42)39(5)38-23)37-28-14-34-25(13-35-28)27-16-44-32(3,4)45-27/h6-14,27,41H,1,15-16H2,2-5H3,(H,35,37)/t27-/m1/s1. The van der Waals surface area contributed by atoms with Gasteiger partial charge >= 0.3 is 0 Å². The molecule has 1 atom stereocenters. The molecule has 1 saturated heterocycles. The van der Waals surface area contributed by atoms with Crippen LogP contribution in [0.5, 0.6) is 0 Å². The fraction of sp³-hybridized carbons (Fsp3) is 0.250. The number of aromatic nitrogens is 6. The number of ether oxygens (including phenoxy) is 2. The number of allylic oxidation sites excluding steroid dienone is 1. The fourth-order valence-electron chi connectivity index (χ4n) is 5.20. The Labute approximate surface area is 256 Å². The second kappa shape index (κ2) is 11.4. The molecule has 0 spiro atoms. The summed E-state index contributed by atoms with van der Waals surface area (Å²) in [5, 5.41) is 22.3. The number of benzene rings is 2. The van der Waals surface area contributed by atoms with Crippen molar-refractivity contribution in [2.24, 2.45) is 7.05 Å². The summed E-state index contributed by atoms with van der Waals surface area (Å²) in [5.74, 6) is -1.10. The molecular weight excluding hydrogens is 581 g/mol. The van der Waals surface area contributed by atoms with Gasteiger partial charge in [0, 0.05) is 23.6 Å². The van der Waals surface area contributed by atoms with Crippen LogP contribution in [0.25, 0.3) is 33.3 Å². The SMILES string of the molecule is C=C(C)c1cc(F)c2c(=O)n(-c3cccc(-c4cc(Nc5cnc([C@H]6COC(C)(C)O6)cn5)c(=O)n(C)n4)c3CO)ncc2c1. The Morgan fingerprint density at radius 3 is 2.62 bits per heavy atom. The van der Waals surface area contributed by atoms with Crippen molar-refractivity contribution < 1.29 is 19.0 Å². The van der Waals surface area contributed by atoms with E-state index >= 15 is 4.39 Å². The van der Waals surface area contributed by atoms with E-state index in [-0.39, 0.29) is 22.9 Å². The minimum absolute atomic E-state index is 0.140. The average molecular weight is 612 g/mol. The number of hydrogen-bond acceptors (Lipinski definition) is 10. The minimum Gasteiger partial charge on any atom is -0.392 e. The van der Waals surface area contributed by atoms with E-state index in [1.807, 2.05) is 13.8 Å². The number of aliphatic hydroxyl groups excluding tert-OH is 1. The molecule has 2 N–H and O–H groups in total. The maximum Gasteiger partial charge on any atom is 0.290 e. The second-order valence-corrected chi connectivity index (χ2v) is 11.2. The average Bonchev–Trinajstić information content (AvgIpc) is 3.38. The first-order chi connectivity index (χ1) is 21.5. The molecule has 3 aromatic heterocycles. The monoisotopic (exact) mass is 611 g/mol. The Morgan fingerprint density at radius 2 is 1.96 bits per heavy atom. The summed E-state index contributed by atoms with van der Waals surface area (Å²) in [6.45, 7) is 9.07. The van der Waals surface area contributed by atoms with Gasteiger partial charge in [-0.15, -0.1) is 0 Å². The quantitative estimate of drug-likeness (QED) is 0.275. The van der Waals surface area contributed by atoms with Gasteiger partial charge in [0.1, 0.15) is 23.4 Å².